The monoisotopic (exact) mass is 363 g/mol. The van der Waals surface area contributed by atoms with Gasteiger partial charge in [0.1, 0.15) is 0 Å². The van der Waals surface area contributed by atoms with E-state index >= 15 is 0 Å². The van der Waals surface area contributed by atoms with E-state index in [1.165, 1.54) is 16.8 Å². The summed E-state index contributed by atoms with van der Waals surface area (Å²) in [6.45, 7) is 8.64. The van der Waals surface area contributed by atoms with Crippen LogP contribution >= 0.6 is 0 Å². The molecule has 1 fully saturated rings. The molecular weight excluding hydrogens is 334 g/mol. The van der Waals surface area contributed by atoms with Gasteiger partial charge in [-0.15, -0.1) is 0 Å². The molecule has 4 nitrogen and oxygen atoms in total. The Balaban J connectivity index is 1.39. The Morgan fingerprint density at radius 3 is 2.59 bits per heavy atom. The first-order valence-electron chi connectivity index (χ1n) is 10.1. The van der Waals surface area contributed by atoms with Crippen LogP contribution in [0.3, 0.4) is 0 Å². The van der Waals surface area contributed by atoms with Gasteiger partial charge in [-0.05, 0) is 56.0 Å². The van der Waals surface area contributed by atoms with Gasteiger partial charge in [0.05, 0.1) is 6.54 Å². The first-order valence-corrected chi connectivity index (χ1v) is 10.1. The number of rotatable bonds is 3. The molecule has 1 saturated heterocycles. The molecule has 2 aliphatic rings. The summed E-state index contributed by atoms with van der Waals surface area (Å²) in [5.41, 5.74) is 5.00. The molecule has 2 aliphatic heterocycles. The van der Waals surface area contributed by atoms with E-state index in [1.807, 2.05) is 11.0 Å². The lowest BCUT2D eigenvalue weighted by Gasteiger charge is -2.39. The van der Waals surface area contributed by atoms with Crippen LogP contribution in [-0.2, 0) is 11.2 Å². The van der Waals surface area contributed by atoms with Crippen LogP contribution in [0.25, 0.3) is 0 Å². The van der Waals surface area contributed by atoms with Gasteiger partial charge in [-0.1, -0.05) is 30.3 Å². The van der Waals surface area contributed by atoms with E-state index in [4.69, 9.17) is 0 Å². The van der Waals surface area contributed by atoms with E-state index in [-0.39, 0.29) is 11.9 Å². The van der Waals surface area contributed by atoms with Gasteiger partial charge < -0.3 is 9.80 Å². The number of para-hydroxylation sites is 1. The molecule has 0 N–H and O–H groups in total. The first kappa shape index (κ1) is 18.1. The number of hydrogen-bond donors (Lipinski definition) is 0. The summed E-state index contributed by atoms with van der Waals surface area (Å²) in [6.07, 6.45) is 2.11. The molecule has 0 aromatic heterocycles. The largest absolute Gasteiger partial charge is 0.369 e. The van der Waals surface area contributed by atoms with E-state index in [9.17, 15) is 4.79 Å². The second kappa shape index (κ2) is 7.73. The number of piperazine rings is 1. The summed E-state index contributed by atoms with van der Waals surface area (Å²) in [5.74, 6) is 0.235. The number of amides is 1. The zero-order valence-corrected chi connectivity index (χ0v) is 16.4. The highest BCUT2D eigenvalue weighted by atomic mass is 16.2. The van der Waals surface area contributed by atoms with Crippen LogP contribution in [0.1, 0.15) is 24.5 Å². The smallest absolute Gasteiger partial charge is 0.241 e. The molecule has 27 heavy (non-hydrogen) atoms. The molecule has 142 valence electrons. The number of carbonyl (C=O) groups excluding carboxylic acids is 1. The SMILES string of the molecule is Cc1cccc(N2CCN(CC(=O)N3c4ccccc4CCC3C)CC2)c1. The maximum Gasteiger partial charge on any atom is 0.241 e. The van der Waals surface area contributed by atoms with Crippen LogP contribution in [0, 0.1) is 6.92 Å². The van der Waals surface area contributed by atoms with Crippen LogP contribution in [0.4, 0.5) is 11.4 Å². The molecule has 0 bridgehead atoms. The molecule has 2 aromatic rings. The van der Waals surface area contributed by atoms with Crippen molar-refractivity contribution in [3.63, 3.8) is 0 Å². The van der Waals surface area contributed by atoms with Gasteiger partial charge in [0.15, 0.2) is 0 Å². The van der Waals surface area contributed by atoms with Crippen molar-refractivity contribution >= 4 is 17.3 Å². The van der Waals surface area contributed by atoms with E-state index in [1.54, 1.807) is 0 Å². The van der Waals surface area contributed by atoms with Crippen molar-refractivity contribution in [3.8, 4) is 0 Å². The number of carbonyl (C=O) groups is 1. The fourth-order valence-electron chi connectivity index (χ4n) is 4.32. The van der Waals surface area contributed by atoms with E-state index in [2.05, 4.69) is 66.1 Å². The molecule has 0 saturated carbocycles. The van der Waals surface area contributed by atoms with Crippen LogP contribution < -0.4 is 9.80 Å². The standard InChI is InChI=1S/C23H29N3O/c1-18-6-5-8-21(16-18)25-14-12-24(13-15-25)17-23(27)26-19(2)10-11-20-7-3-4-9-22(20)26/h3-9,16,19H,10-15,17H2,1-2H3. The average molecular weight is 364 g/mol. The van der Waals surface area contributed by atoms with Crippen LogP contribution in [0.2, 0.25) is 0 Å². The van der Waals surface area contributed by atoms with Gasteiger partial charge in [-0.25, -0.2) is 0 Å². The highest BCUT2D eigenvalue weighted by Gasteiger charge is 2.29. The van der Waals surface area contributed by atoms with Crippen molar-refractivity contribution in [2.24, 2.45) is 0 Å². The second-order valence-corrected chi connectivity index (χ2v) is 7.88. The number of aryl methyl sites for hydroxylation is 2. The van der Waals surface area contributed by atoms with Crippen LogP contribution in [-0.4, -0.2) is 49.6 Å². The maximum absolute atomic E-state index is 13.1. The number of nitrogens with zero attached hydrogens (tertiary/aromatic N) is 3. The highest BCUT2D eigenvalue weighted by Crippen LogP contribution is 2.30. The van der Waals surface area contributed by atoms with Crippen molar-refractivity contribution in [3.05, 3.63) is 59.7 Å². The summed E-state index contributed by atoms with van der Waals surface area (Å²) in [6, 6.07) is 17.3. The highest BCUT2D eigenvalue weighted by molar-refractivity contribution is 5.96. The Bertz CT molecular complexity index is 811. The average Bonchev–Trinajstić information content (AvgIpc) is 2.68. The zero-order chi connectivity index (χ0) is 18.8. The molecule has 4 heteroatoms. The molecular formula is C23H29N3O. The minimum Gasteiger partial charge on any atom is -0.369 e. The molecule has 1 atom stereocenters. The third-order valence-electron chi connectivity index (χ3n) is 5.89. The van der Waals surface area contributed by atoms with Crippen molar-refractivity contribution in [2.45, 2.75) is 32.7 Å². The molecule has 1 unspecified atom stereocenters. The van der Waals surface area contributed by atoms with Crippen molar-refractivity contribution in [1.29, 1.82) is 0 Å². The Kier molecular flexibility index (Phi) is 5.17. The molecule has 0 radical (unpaired) electrons. The lowest BCUT2D eigenvalue weighted by molar-refractivity contribution is -0.120. The first-order chi connectivity index (χ1) is 13.1. The Labute approximate surface area is 162 Å². The third-order valence-corrected chi connectivity index (χ3v) is 5.89. The number of anilines is 2. The maximum atomic E-state index is 13.1. The fraction of sp³-hybridized carbons (Fsp3) is 0.435. The van der Waals surface area contributed by atoms with Gasteiger partial charge in [-0.3, -0.25) is 9.69 Å². The molecule has 2 aromatic carbocycles. The summed E-state index contributed by atoms with van der Waals surface area (Å²) >= 11 is 0. The lowest BCUT2D eigenvalue weighted by atomic mass is 9.96. The molecule has 4 rings (SSSR count). The normalized spacial score (nSPS) is 20.4. The quantitative estimate of drug-likeness (QED) is 0.835. The minimum atomic E-state index is 0.235. The van der Waals surface area contributed by atoms with Crippen molar-refractivity contribution in [1.82, 2.24) is 4.90 Å². The predicted molar refractivity (Wildman–Crippen MR) is 112 cm³/mol. The van der Waals surface area contributed by atoms with Crippen LogP contribution in [0.5, 0.6) is 0 Å². The number of hydrogen-bond acceptors (Lipinski definition) is 3. The molecule has 0 aliphatic carbocycles. The molecule has 1 amide bonds. The Morgan fingerprint density at radius 1 is 1.04 bits per heavy atom. The summed E-state index contributed by atoms with van der Waals surface area (Å²) in [5, 5.41) is 0. The van der Waals surface area contributed by atoms with Gasteiger partial charge >= 0.3 is 0 Å². The third kappa shape index (κ3) is 3.86. The minimum absolute atomic E-state index is 0.235. The fourth-order valence-corrected chi connectivity index (χ4v) is 4.32. The van der Waals surface area contributed by atoms with E-state index in [0.717, 1.165) is 44.7 Å². The predicted octanol–water partition coefficient (Wildman–Crippen LogP) is 3.48. The van der Waals surface area contributed by atoms with Gasteiger partial charge in [0.25, 0.3) is 0 Å². The molecule has 0 spiro atoms. The summed E-state index contributed by atoms with van der Waals surface area (Å²) < 4.78 is 0. The van der Waals surface area contributed by atoms with Crippen LogP contribution in [0.15, 0.2) is 48.5 Å². The van der Waals surface area contributed by atoms with E-state index in [0.29, 0.717) is 6.54 Å². The lowest BCUT2D eigenvalue weighted by Crippen LogP contribution is -2.52. The number of benzene rings is 2. The number of fused-ring (bicyclic) bond motifs is 1. The Hall–Kier alpha value is -2.33. The topological polar surface area (TPSA) is 26.8 Å². The van der Waals surface area contributed by atoms with Gasteiger partial charge in [0.2, 0.25) is 5.91 Å². The van der Waals surface area contributed by atoms with Crippen molar-refractivity contribution in [2.75, 3.05) is 42.5 Å². The Morgan fingerprint density at radius 2 is 1.81 bits per heavy atom. The summed E-state index contributed by atoms with van der Waals surface area (Å²) in [7, 11) is 0. The van der Waals surface area contributed by atoms with Gasteiger partial charge in [-0.2, -0.15) is 0 Å². The molecule has 2 heterocycles. The summed E-state index contributed by atoms with van der Waals surface area (Å²) in [4.78, 5) is 19.9. The van der Waals surface area contributed by atoms with Gasteiger partial charge in [0, 0.05) is 43.6 Å². The van der Waals surface area contributed by atoms with Crippen molar-refractivity contribution < 1.29 is 4.79 Å². The van der Waals surface area contributed by atoms with E-state index < -0.39 is 0 Å². The second-order valence-electron chi connectivity index (χ2n) is 7.88. The zero-order valence-electron chi connectivity index (χ0n) is 16.4.